The van der Waals surface area contributed by atoms with Gasteiger partial charge in [0, 0.05) is 50.3 Å². The van der Waals surface area contributed by atoms with E-state index < -0.39 is 0 Å². The Morgan fingerprint density at radius 3 is 2.62 bits per heavy atom. The van der Waals surface area contributed by atoms with Crippen LogP contribution in [0.2, 0.25) is 0 Å². The molecular weight excluding hydrogens is 505 g/mol. The van der Waals surface area contributed by atoms with Crippen molar-refractivity contribution < 1.29 is 4.74 Å². The van der Waals surface area contributed by atoms with Gasteiger partial charge in [-0.05, 0) is 49.7 Å². The van der Waals surface area contributed by atoms with E-state index in [4.69, 9.17) is 4.74 Å². The Morgan fingerprint density at radius 1 is 1.31 bits per heavy atom. The van der Waals surface area contributed by atoms with Crippen LogP contribution < -0.4 is 5.32 Å². The van der Waals surface area contributed by atoms with Gasteiger partial charge in [-0.15, -0.1) is 24.0 Å². The summed E-state index contributed by atoms with van der Waals surface area (Å²) >= 11 is 3.72. The number of halogens is 2. The predicted octanol–water partition coefficient (Wildman–Crippen LogP) is 4.42. The Balaban J connectivity index is 0.00000243. The number of rotatable bonds is 6. The standard InChI is InChI=1S/C20H30BrN3O.HI/c1-22-19(24(2)12-7-16-8-13-25-14-9-16)23-15-20(10-11-20)17-5-3-4-6-18(17)21;/h3-6,16H,7-15H2,1-2H3,(H,22,23);1H. The van der Waals surface area contributed by atoms with Crippen LogP contribution in [-0.2, 0) is 10.2 Å². The highest BCUT2D eigenvalue weighted by atomic mass is 127. The van der Waals surface area contributed by atoms with Crippen molar-refractivity contribution in [3.8, 4) is 0 Å². The van der Waals surface area contributed by atoms with Crippen molar-refractivity contribution in [1.29, 1.82) is 0 Å². The van der Waals surface area contributed by atoms with Gasteiger partial charge in [-0.1, -0.05) is 34.1 Å². The lowest BCUT2D eigenvalue weighted by atomic mass is 9.96. The molecule has 1 aliphatic carbocycles. The van der Waals surface area contributed by atoms with E-state index in [1.807, 2.05) is 7.05 Å². The highest BCUT2D eigenvalue weighted by Crippen LogP contribution is 2.49. The van der Waals surface area contributed by atoms with Gasteiger partial charge in [0.2, 0.25) is 0 Å². The first-order valence-electron chi connectivity index (χ1n) is 9.39. The van der Waals surface area contributed by atoms with Crippen LogP contribution in [0, 0.1) is 5.92 Å². The van der Waals surface area contributed by atoms with Gasteiger partial charge in [-0.2, -0.15) is 0 Å². The first-order valence-corrected chi connectivity index (χ1v) is 10.2. The highest BCUT2D eigenvalue weighted by Gasteiger charge is 2.45. The second-order valence-electron chi connectivity index (χ2n) is 7.43. The first kappa shape index (κ1) is 22.0. The Hall–Kier alpha value is -0.340. The minimum atomic E-state index is 0. The van der Waals surface area contributed by atoms with Crippen molar-refractivity contribution in [3.63, 3.8) is 0 Å². The van der Waals surface area contributed by atoms with E-state index in [9.17, 15) is 0 Å². The number of guanidine groups is 1. The highest BCUT2D eigenvalue weighted by molar-refractivity contribution is 14.0. The maximum atomic E-state index is 5.46. The number of aliphatic imine (C=N–C) groups is 1. The minimum Gasteiger partial charge on any atom is -0.381 e. The molecule has 2 fully saturated rings. The zero-order chi connectivity index (χ0) is 17.7. The fourth-order valence-electron chi connectivity index (χ4n) is 3.73. The average molecular weight is 536 g/mol. The van der Waals surface area contributed by atoms with Crippen molar-refractivity contribution >= 4 is 45.9 Å². The number of hydrogen-bond donors (Lipinski definition) is 1. The zero-order valence-electron chi connectivity index (χ0n) is 15.8. The van der Waals surface area contributed by atoms with Gasteiger partial charge in [-0.25, -0.2) is 0 Å². The Bertz CT molecular complexity index is 600. The summed E-state index contributed by atoms with van der Waals surface area (Å²) in [5.41, 5.74) is 1.68. The predicted molar refractivity (Wildman–Crippen MR) is 123 cm³/mol. The van der Waals surface area contributed by atoms with Crippen molar-refractivity contribution in [2.75, 3.05) is 40.4 Å². The summed E-state index contributed by atoms with van der Waals surface area (Å²) < 4.78 is 6.68. The maximum absolute atomic E-state index is 5.46. The molecule has 1 aromatic rings. The van der Waals surface area contributed by atoms with Crippen LogP contribution in [0.3, 0.4) is 0 Å². The molecule has 1 heterocycles. The third-order valence-electron chi connectivity index (χ3n) is 5.67. The molecule has 6 heteroatoms. The van der Waals surface area contributed by atoms with Crippen molar-refractivity contribution in [1.82, 2.24) is 10.2 Å². The molecule has 1 saturated carbocycles. The molecule has 146 valence electrons. The van der Waals surface area contributed by atoms with E-state index in [0.29, 0.717) is 0 Å². The smallest absolute Gasteiger partial charge is 0.193 e. The third kappa shape index (κ3) is 5.58. The molecule has 26 heavy (non-hydrogen) atoms. The van der Waals surface area contributed by atoms with Gasteiger partial charge in [0.05, 0.1) is 0 Å². The van der Waals surface area contributed by atoms with E-state index in [2.05, 4.69) is 62.5 Å². The monoisotopic (exact) mass is 535 g/mol. The summed E-state index contributed by atoms with van der Waals surface area (Å²) in [7, 11) is 4.03. The lowest BCUT2D eigenvalue weighted by Crippen LogP contribution is -2.43. The molecule has 0 radical (unpaired) electrons. The summed E-state index contributed by atoms with van der Waals surface area (Å²) in [6.07, 6.45) is 6.10. The van der Waals surface area contributed by atoms with Crippen LogP contribution in [0.1, 0.15) is 37.7 Å². The normalized spacial score (nSPS) is 19.6. The van der Waals surface area contributed by atoms with Gasteiger partial charge < -0.3 is 15.0 Å². The van der Waals surface area contributed by atoms with Crippen LogP contribution in [0.4, 0.5) is 0 Å². The molecule has 0 unspecified atom stereocenters. The lowest BCUT2D eigenvalue weighted by Gasteiger charge is -2.28. The summed E-state index contributed by atoms with van der Waals surface area (Å²) in [6, 6.07) is 8.61. The molecule has 0 amide bonds. The van der Waals surface area contributed by atoms with Crippen molar-refractivity contribution in [2.24, 2.45) is 10.9 Å². The average Bonchev–Trinajstić information content (AvgIpc) is 3.42. The van der Waals surface area contributed by atoms with E-state index >= 15 is 0 Å². The fraction of sp³-hybridized carbons (Fsp3) is 0.650. The number of ether oxygens (including phenoxy) is 1. The van der Waals surface area contributed by atoms with Crippen LogP contribution >= 0.6 is 39.9 Å². The molecule has 0 bridgehead atoms. The molecule has 1 aliphatic heterocycles. The topological polar surface area (TPSA) is 36.9 Å². The number of benzene rings is 1. The Labute approximate surface area is 183 Å². The summed E-state index contributed by atoms with van der Waals surface area (Å²) in [5, 5.41) is 3.62. The van der Waals surface area contributed by atoms with Crippen LogP contribution in [-0.4, -0.2) is 51.3 Å². The molecular formula is C20H31BrIN3O. The van der Waals surface area contributed by atoms with E-state index in [0.717, 1.165) is 38.2 Å². The first-order chi connectivity index (χ1) is 12.1. The van der Waals surface area contributed by atoms with Crippen LogP contribution in [0.15, 0.2) is 33.7 Å². The van der Waals surface area contributed by atoms with Crippen LogP contribution in [0.25, 0.3) is 0 Å². The van der Waals surface area contributed by atoms with E-state index in [1.54, 1.807) is 0 Å². The summed E-state index contributed by atoms with van der Waals surface area (Å²) in [6.45, 7) is 3.85. The zero-order valence-corrected chi connectivity index (χ0v) is 19.8. The van der Waals surface area contributed by atoms with E-state index in [1.165, 1.54) is 42.1 Å². The second kappa shape index (κ2) is 10.3. The number of nitrogens with one attached hydrogen (secondary N) is 1. The molecule has 0 spiro atoms. The Morgan fingerprint density at radius 2 is 2.00 bits per heavy atom. The quantitative estimate of drug-likeness (QED) is 0.333. The molecule has 3 rings (SSSR count). The van der Waals surface area contributed by atoms with Gasteiger partial charge in [0.25, 0.3) is 0 Å². The molecule has 4 nitrogen and oxygen atoms in total. The largest absolute Gasteiger partial charge is 0.381 e. The van der Waals surface area contributed by atoms with Gasteiger partial charge in [0.1, 0.15) is 0 Å². The number of nitrogens with zero attached hydrogens (tertiary/aromatic N) is 2. The third-order valence-corrected chi connectivity index (χ3v) is 6.36. The maximum Gasteiger partial charge on any atom is 0.193 e. The fourth-order valence-corrected chi connectivity index (χ4v) is 4.44. The van der Waals surface area contributed by atoms with Crippen molar-refractivity contribution in [3.05, 3.63) is 34.3 Å². The molecule has 1 saturated heterocycles. The summed E-state index contributed by atoms with van der Waals surface area (Å²) in [4.78, 5) is 6.76. The lowest BCUT2D eigenvalue weighted by molar-refractivity contribution is 0.0625. The molecule has 0 aromatic heterocycles. The molecule has 1 N–H and O–H groups in total. The second-order valence-corrected chi connectivity index (χ2v) is 8.28. The molecule has 2 aliphatic rings. The minimum absolute atomic E-state index is 0. The van der Waals surface area contributed by atoms with Gasteiger partial charge >= 0.3 is 0 Å². The SMILES string of the molecule is CN=C(NCC1(c2ccccc2Br)CC1)N(C)CCC1CCOCC1.I. The number of hydrogen-bond acceptors (Lipinski definition) is 2. The van der Waals surface area contributed by atoms with Gasteiger partial charge in [-0.3, -0.25) is 4.99 Å². The van der Waals surface area contributed by atoms with Crippen LogP contribution in [0.5, 0.6) is 0 Å². The van der Waals surface area contributed by atoms with E-state index in [-0.39, 0.29) is 29.4 Å². The van der Waals surface area contributed by atoms with Crippen molar-refractivity contribution in [2.45, 2.75) is 37.5 Å². The van der Waals surface area contributed by atoms with Gasteiger partial charge in [0.15, 0.2) is 5.96 Å². The summed E-state index contributed by atoms with van der Waals surface area (Å²) in [5.74, 6) is 1.80. The molecule has 0 atom stereocenters. The Kier molecular flexibility index (Phi) is 8.67. The molecule has 1 aromatic carbocycles.